The fourth-order valence-corrected chi connectivity index (χ4v) is 6.27. The second-order valence-corrected chi connectivity index (χ2v) is 8.80. The summed E-state index contributed by atoms with van der Waals surface area (Å²) in [6.07, 6.45) is 6.29. The highest BCUT2D eigenvalue weighted by atomic mass is 16.1. The van der Waals surface area contributed by atoms with Gasteiger partial charge in [-0.1, -0.05) is 32.9 Å². The summed E-state index contributed by atoms with van der Waals surface area (Å²) in [6, 6.07) is 8.62. The van der Waals surface area contributed by atoms with Crippen LogP contribution in [0, 0.1) is 34.0 Å². The van der Waals surface area contributed by atoms with E-state index in [1.807, 2.05) is 12.1 Å². The second-order valence-electron chi connectivity index (χ2n) is 8.80. The first-order valence-corrected chi connectivity index (χ1v) is 9.51. The first kappa shape index (κ1) is 15.9. The van der Waals surface area contributed by atoms with Crippen LogP contribution in [0.15, 0.2) is 18.2 Å². The summed E-state index contributed by atoms with van der Waals surface area (Å²) in [5.41, 5.74) is 3.32. The molecular formula is C22H27NO. The first-order valence-electron chi connectivity index (χ1n) is 9.51. The molecule has 0 bridgehead atoms. The Morgan fingerprint density at radius 3 is 2.79 bits per heavy atom. The van der Waals surface area contributed by atoms with Crippen molar-refractivity contribution >= 4 is 5.78 Å². The number of benzene rings is 1. The van der Waals surface area contributed by atoms with Crippen LogP contribution in [-0.4, -0.2) is 5.78 Å². The van der Waals surface area contributed by atoms with E-state index < -0.39 is 0 Å². The van der Waals surface area contributed by atoms with Gasteiger partial charge in [0.25, 0.3) is 0 Å². The van der Waals surface area contributed by atoms with Crippen molar-refractivity contribution in [2.24, 2.45) is 22.7 Å². The van der Waals surface area contributed by atoms with Gasteiger partial charge in [0.2, 0.25) is 0 Å². The molecule has 2 nitrogen and oxygen atoms in total. The van der Waals surface area contributed by atoms with Gasteiger partial charge >= 0.3 is 0 Å². The van der Waals surface area contributed by atoms with Crippen molar-refractivity contribution in [3.05, 3.63) is 34.9 Å². The molecule has 126 valence electrons. The van der Waals surface area contributed by atoms with Gasteiger partial charge in [-0.15, -0.1) is 0 Å². The lowest BCUT2D eigenvalue weighted by Crippen LogP contribution is -2.43. The molecule has 2 heteroatoms. The van der Waals surface area contributed by atoms with E-state index in [0.29, 0.717) is 23.5 Å². The minimum atomic E-state index is -0.122. The molecule has 4 rings (SSSR count). The largest absolute Gasteiger partial charge is 0.298 e. The molecule has 2 fully saturated rings. The minimum absolute atomic E-state index is 0.115. The molecule has 0 amide bonds. The Bertz CT molecular complexity index is 745. The third-order valence-corrected chi connectivity index (χ3v) is 7.80. The second kappa shape index (κ2) is 5.19. The van der Waals surface area contributed by atoms with Gasteiger partial charge in [-0.2, -0.15) is 5.26 Å². The molecular weight excluding hydrogens is 294 g/mol. The lowest BCUT2D eigenvalue weighted by Gasteiger charge is -2.48. The summed E-state index contributed by atoms with van der Waals surface area (Å²) in [4.78, 5) is 13.2. The Labute approximate surface area is 145 Å². The van der Waals surface area contributed by atoms with Crippen LogP contribution in [-0.2, 0) is 11.2 Å². The monoisotopic (exact) mass is 321 g/mol. The molecule has 0 N–H and O–H groups in total. The molecule has 0 aliphatic heterocycles. The number of hydrogen-bond donors (Lipinski definition) is 0. The smallest absolute Gasteiger partial charge is 0.144 e. The molecule has 3 aliphatic carbocycles. The van der Waals surface area contributed by atoms with Crippen LogP contribution in [0.1, 0.15) is 75.5 Å². The van der Waals surface area contributed by atoms with Crippen molar-refractivity contribution in [2.45, 2.75) is 65.2 Å². The van der Waals surface area contributed by atoms with Crippen LogP contribution in [0.4, 0.5) is 0 Å². The molecule has 5 atom stereocenters. The zero-order valence-corrected chi connectivity index (χ0v) is 15.1. The van der Waals surface area contributed by atoms with Crippen LogP contribution in [0.5, 0.6) is 0 Å². The van der Waals surface area contributed by atoms with Gasteiger partial charge in [-0.05, 0) is 73.5 Å². The van der Waals surface area contributed by atoms with Crippen molar-refractivity contribution in [1.82, 2.24) is 0 Å². The molecule has 2 saturated carbocycles. The highest BCUT2D eigenvalue weighted by Gasteiger charge is 2.61. The summed E-state index contributed by atoms with van der Waals surface area (Å²) >= 11 is 0. The quantitative estimate of drug-likeness (QED) is 0.729. The predicted octanol–water partition coefficient (Wildman–Crippen LogP) is 5.01. The Morgan fingerprint density at radius 2 is 2.08 bits per heavy atom. The standard InChI is InChI=1S/C22H27NO/c1-4-21(2)12-19-18-9-8-15-14(13-23)6-5-7-16(15)17(18)10-11-22(19,3)20(21)24/h5-7,17-19H,4,8-12H2,1-3H3/t17-,18-,19+,21+,22+/m1/s1. The Kier molecular flexibility index (Phi) is 3.43. The van der Waals surface area contributed by atoms with Gasteiger partial charge in [0.05, 0.1) is 11.6 Å². The molecule has 1 aromatic rings. The van der Waals surface area contributed by atoms with Crippen molar-refractivity contribution in [1.29, 1.82) is 5.26 Å². The van der Waals surface area contributed by atoms with E-state index in [1.165, 1.54) is 11.1 Å². The highest BCUT2D eigenvalue weighted by molar-refractivity contribution is 5.92. The zero-order chi connectivity index (χ0) is 17.1. The fraction of sp³-hybridized carbons (Fsp3) is 0.636. The molecule has 0 aromatic heterocycles. The summed E-state index contributed by atoms with van der Waals surface area (Å²) in [6.45, 7) is 6.61. The van der Waals surface area contributed by atoms with Crippen LogP contribution >= 0.6 is 0 Å². The van der Waals surface area contributed by atoms with E-state index in [1.54, 1.807) is 0 Å². The van der Waals surface area contributed by atoms with Crippen LogP contribution in [0.2, 0.25) is 0 Å². The zero-order valence-electron chi connectivity index (χ0n) is 15.1. The molecule has 0 saturated heterocycles. The van der Waals surface area contributed by atoms with Gasteiger partial charge in [-0.3, -0.25) is 4.79 Å². The van der Waals surface area contributed by atoms with E-state index in [2.05, 4.69) is 32.9 Å². The number of ketones is 1. The van der Waals surface area contributed by atoms with Crippen LogP contribution < -0.4 is 0 Å². The Hall–Kier alpha value is -1.62. The van der Waals surface area contributed by atoms with Gasteiger partial charge < -0.3 is 0 Å². The molecule has 3 aliphatic rings. The van der Waals surface area contributed by atoms with E-state index in [0.717, 1.165) is 44.1 Å². The van der Waals surface area contributed by atoms with E-state index in [9.17, 15) is 10.1 Å². The maximum atomic E-state index is 13.2. The van der Waals surface area contributed by atoms with E-state index >= 15 is 0 Å². The summed E-state index contributed by atoms with van der Waals surface area (Å²) in [7, 11) is 0. The normalized spacial score (nSPS) is 40.4. The van der Waals surface area contributed by atoms with E-state index in [-0.39, 0.29) is 10.8 Å². The lowest BCUT2D eigenvalue weighted by molar-refractivity contribution is -0.135. The van der Waals surface area contributed by atoms with Crippen LogP contribution in [0.3, 0.4) is 0 Å². The van der Waals surface area contributed by atoms with Gasteiger partial charge in [-0.25, -0.2) is 0 Å². The Morgan fingerprint density at radius 1 is 1.29 bits per heavy atom. The third kappa shape index (κ3) is 1.91. The van der Waals surface area contributed by atoms with Crippen molar-refractivity contribution in [2.75, 3.05) is 0 Å². The maximum Gasteiger partial charge on any atom is 0.144 e. The molecule has 0 radical (unpaired) electrons. The van der Waals surface area contributed by atoms with Crippen molar-refractivity contribution in [3.63, 3.8) is 0 Å². The molecule has 0 heterocycles. The molecule has 0 unspecified atom stereocenters. The summed E-state index contributed by atoms with van der Waals surface area (Å²) in [5, 5.41) is 9.42. The summed E-state index contributed by atoms with van der Waals surface area (Å²) in [5.74, 6) is 2.21. The average molecular weight is 321 g/mol. The predicted molar refractivity (Wildman–Crippen MR) is 94.6 cm³/mol. The number of Topliss-reactive ketones (excluding diaryl/α,β-unsaturated/α-hetero) is 1. The highest BCUT2D eigenvalue weighted by Crippen LogP contribution is 2.64. The van der Waals surface area contributed by atoms with Crippen molar-refractivity contribution in [3.8, 4) is 6.07 Å². The number of carbonyl (C=O) groups excluding carboxylic acids is 1. The lowest BCUT2D eigenvalue weighted by atomic mass is 9.55. The SMILES string of the molecule is CC[C@@]1(C)C[C@H]2[C@@H]3CCc4c(C#N)cccc4[C@H]3CC[C@]2(C)C1=O. The average Bonchev–Trinajstić information content (AvgIpc) is 2.82. The van der Waals surface area contributed by atoms with Gasteiger partial charge in [0.15, 0.2) is 0 Å². The summed E-state index contributed by atoms with van der Waals surface area (Å²) < 4.78 is 0. The number of fused-ring (bicyclic) bond motifs is 5. The number of nitrogens with zero attached hydrogens (tertiary/aromatic N) is 1. The number of rotatable bonds is 1. The fourth-order valence-electron chi connectivity index (χ4n) is 6.27. The molecule has 1 aromatic carbocycles. The minimum Gasteiger partial charge on any atom is -0.298 e. The van der Waals surface area contributed by atoms with Crippen LogP contribution in [0.25, 0.3) is 0 Å². The van der Waals surface area contributed by atoms with Crippen molar-refractivity contribution < 1.29 is 4.79 Å². The first-order chi connectivity index (χ1) is 11.4. The van der Waals surface area contributed by atoms with E-state index in [4.69, 9.17) is 0 Å². The van der Waals surface area contributed by atoms with Gasteiger partial charge in [0, 0.05) is 10.8 Å². The third-order valence-electron chi connectivity index (χ3n) is 7.80. The number of nitriles is 1. The Balaban J connectivity index is 1.75. The van der Waals surface area contributed by atoms with Gasteiger partial charge in [0.1, 0.15) is 5.78 Å². The molecule has 0 spiro atoms. The molecule has 24 heavy (non-hydrogen) atoms. The maximum absolute atomic E-state index is 13.2. The number of carbonyl (C=O) groups is 1. The number of hydrogen-bond acceptors (Lipinski definition) is 2. The topological polar surface area (TPSA) is 40.9 Å².